The zero-order valence-corrected chi connectivity index (χ0v) is 11.3. The number of aryl methyl sites for hydroxylation is 1. The van der Waals surface area contributed by atoms with Crippen molar-refractivity contribution in [1.82, 2.24) is 24.4 Å². The van der Waals surface area contributed by atoms with Crippen LogP contribution in [0.5, 0.6) is 0 Å². The van der Waals surface area contributed by atoms with E-state index in [9.17, 15) is 0 Å². The number of hydrogen-bond acceptors (Lipinski definition) is 4. The van der Waals surface area contributed by atoms with Gasteiger partial charge < -0.3 is 5.32 Å². The van der Waals surface area contributed by atoms with E-state index in [1.165, 1.54) is 0 Å². The van der Waals surface area contributed by atoms with E-state index in [1.807, 2.05) is 37.6 Å². The number of anilines is 1. The van der Waals surface area contributed by atoms with Gasteiger partial charge >= 0.3 is 0 Å². The predicted octanol–water partition coefficient (Wildman–Crippen LogP) is 1.84. The molecule has 1 N–H and O–H groups in total. The van der Waals surface area contributed by atoms with E-state index in [0.29, 0.717) is 12.5 Å². The zero-order chi connectivity index (χ0) is 12.5. The lowest BCUT2D eigenvalue weighted by Gasteiger charge is -1.96. The SMILES string of the molecule is Cn1ccc(CNc2nc3ccc(Br)cn3n2)n1. The standard InChI is InChI=1S/C11H11BrN6/c1-17-5-4-9(15-17)6-13-11-14-10-3-2-8(12)7-18(10)16-11/h2-5,7H,6H2,1H3,(H,13,16). The third kappa shape index (κ3) is 2.21. The highest BCUT2D eigenvalue weighted by Crippen LogP contribution is 2.12. The van der Waals surface area contributed by atoms with Crippen LogP contribution in [-0.2, 0) is 13.6 Å². The quantitative estimate of drug-likeness (QED) is 0.802. The Balaban J connectivity index is 1.78. The van der Waals surface area contributed by atoms with E-state index in [4.69, 9.17) is 0 Å². The Morgan fingerprint density at radius 3 is 2.94 bits per heavy atom. The molecule has 0 saturated carbocycles. The average Bonchev–Trinajstić information content (AvgIpc) is 2.92. The van der Waals surface area contributed by atoms with Gasteiger partial charge in [-0.1, -0.05) is 0 Å². The fraction of sp³-hybridized carbons (Fsp3) is 0.182. The molecule has 6 nitrogen and oxygen atoms in total. The Bertz CT molecular complexity index is 686. The van der Waals surface area contributed by atoms with Crippen molar-refractivity contribution in [2.75, 3.05) is 5.32 Å². The number of aromatic nitrogens is 5. The van der Waals surface area contributed by atoms with Gasteiger partial charge in [0.15, 0.2) is 5.65 Å². The van der Waals surface area contributed by atoms with Crippen molar-refractivity contribution in [3.63, 3.8) is 0 Å². The van der Waals surface area contributed by atoms with Crippen molar-refractivity contribution in [1.29, 1.82) is 0 Å². The summed E-state index contributed by atoms with van der Waals surface area (Å²) in [6.07, 6.45) is 3.78. The molecule has 0 saturated heterocycles. The van der Waals surface area contributed by atoms with Crippen LogP contribution in [-0.4, -0.2) is 24.4 Å². The largest absolute Gasteiger partial charge is 0.347 e. The highest BCUT2D eigenvalue weighted by Gasteiger charge is 2.04. The van der Waals surface area contributed by atoms with E-state index in [-0.39, 0.29) is 0 Å². The number of halogens is 1. The first-order valence-electron chi connectivity index (χ1n) is 5.45. The van der Waals surface area contributed by atoms with Gasteiger partial charge in [0.2, 0.25) is 5.95 Å². The van der Waals surface area contributed by atoms with Gasteiger partial charge in [0.1, 0.15) is 0 Å². The van der Waals surface area contributed by atoms with Crippen molar-refractivity contribution in [3.8, 4) is 0 Å². The summed E-state index contributed by atoms with van der Waals surface area (Å²) in [6, 6.07) is 5.80. The second-order valence-electron chi connectivity index (χ2n) is 3.92. The molecule has 3 rings (SSSR count). The summed E-state index contributed by atoms with van der Waals surface area (Å²) < 4.78 is 4.46. The molecule has 0 aliphatic rings. The fourth-order valence-electron chi connectivity index (χ4n) is 1.66. The summed E-state index contributed by atoms with van der Waals surface area (Å²) in [6.45, 7) is 0.610. The summed E-state index contributed by atoms with van der Waals surface area (Å²) in [5, 5.41) is 11.8. The lowest BCUT2D eigenvalue weighted by Crippen LogP contribution is -2.02. The zero-order valence-electron chi connectivity index (χ0n) is 9.71. The molecular weight excluding hydrogens is 296 g/mol. The number of pyridine rings is 1. The maximum Gasteiger partial charge on any atom is 0.243 e. The van der Waals surface area contributed by atoms with Crippen LogP contribution in [0, 0.1) is 0 Å². The monoisotopic (exact) mass is 306 g/mol. The third-order valence-corrected chi connectivity index (χ3v) is 2.96. The molecule has 0 aliphatic heterocycles. The molecule has 92 valence electrons. The maximum absolute atomic E-state index is 4.36. The Morgan fingerprint density at radius 1 is 1.28 bits per heavy atom. The third-order valence-electron chi connectivity index (χ3n) is 2.49. The van der Waals surface area contributed by atoms with Crippen LogP contribution < -0.4 is 5.32 Å². The van der Waals surface area contributed by atoms with Crippen molar-refractivity contribution in [3.05, 3.63) is 40.8 Å². The van der Waals surface area contributed by atoms with E-state index in [0.717, 1.165) is 15.8 Å². The van der Waals surface area contributed by atoms with E-state index in [1.54, 1.807) is 9.20 Å². The minimum atomic E-state index is 0.596. The van der Waals surface area contributed by atoms with Crippen molar-refractivity contribution in [2.24, 2.45) is 7.05 Å². The van der Waals surface area contributed by atoms with Gasteiger partial charge in [-0.2, -0.15) is 10.1 Å². The second-order valence-corrected chi connectivity index (χ2v) is 4.84. The minimum Gasteiger partial charge on any atom is -0.347 e. The van der Waals surface area contributed by atoms with E-state index >= 15 is 0 Å². The van der Waals surface area contributed by atoms with Crippen molar-refractivity contribution < 1.29 is 0 Å². The summed E-state index contributed by atoms with van der Waals surface area (Å²) in [5.74, 6) is 0.596. The van der Waals surface area contributed by atoms with Gasteiger partial charge in [-0.15, -0.1) is 5.10 Å². The van der Waals surface area contributed by atoms with Gasteiger partial charge in [-0.25, -0.2) is 4.52 Å². The Labute approximate surface area is 112 Å². The maximum atomic E-state index is 4.36. The van der Waals surface area contributed by atoms with Crippen LogP contribution in [0.25, 0.3) is 5.65 Å². The molecule has 3 aromatic heterocycles. The molecule has 7 heteroatoms. The second kappa shape index (κ2) is 4.41. The molecule has 0 aromatic carbocycles. The number of fused-ring (bicyclic) bond motifs is 1. The van der Waals surface area contributed by atoms with E-state index < -0.39 is 0 Å². The van der Waals surface area contributed by atoms with Gasteiger partial charge in [0.25, 0.3) is 0 Å². The smallest absolute Gasteiger partial charge is 0.243 e. The Kier molecular flexibility index (Phi) is 2.75. The topological polar surface area (TPSA) is 60.0 Å². The molecule has 0 bridgehead atoms. The van der Waals surface area contributed by atoms with Crippen molar-refractivity contribution >= 4 is 27.5 Å². The van der Waals surface area contributed by atoms with Gasteiger partial charge in [-0.3, -0.25) is 4.68 Å². The molecule has 0 amide bonds. The number of nitrogens with zero attached hydrogens (tertiary/aromatic N) is 5. The molecule has 0 unspecified atom stereocenters. The molecule has 3 heterocycles. The van der Waals surface area contributed by atoms with Crippen LogP contribution >= 0.6 is 15.9 Å². The Hall–Kier alpha value is -1.89. The molecule has 18 heavy (non-hydrogen) atoms. The first-order chi connectivity index (χ1) is 8.70. The van der Waals surface area contributed by atoms with E-state index in [2.05, 4.69) is 36.4 Å². The summed E-state index contributed by atoms with van der Waals surface area (Å²) in [4.78, 5) is 4.36. The predicted molar refractivity (Wildman–Crippen MR) is 71.2 cm³/mol. The molecule has 0 fully saturated rings. The number of hydrogen-bond donors (Lipinski definition) is 1. The van der Waals surface area contributed by atoms with Gasteiger partial charge in [0, 0.05) is 23.9 Å². The lowest BCUT2D eigenvalue weighted by atomic mass is 10.4. The first kappa shape index (κ1) is 11.2. The summed E-state index contributed by atoms with van der Waals surface area (Å²) >= 11 is 3.40. The highest BCUT2D eigenvalue weighted by atomic mass is 79.9. The van der Waals surface area contributed by atoms with Crippen LogP contribution in [0.1, 0.15) is 5.69 Å². The number of nitrogens with one attached hydrogen (secondary N) is 1. The lowest BCUT2D eigenvalue weighted by molar-refractivity contribution is 0.746. The fourth-order valence-corrected chi connectivity index (χ4v) is 1.99. The molecule has 3 aromatic rings. The molecule has 0 aliphatic carbocycles. The molecule has 0 spiro atoms. The molecular formula is C11H11BrN6. The number of rotatable bonds is 3. The van der Waals surface area contributed by atoms with Gasteiger partial charge in [0.05, 0.1) is 12.2 Å². The van der Waals surface area contributed by atoms with Crippen LogP contribution in [0.2, 0.25) is 0 Å². The Morgan fingerprint density at radius 2 is 2.17 bits per heavy atom. The summed E-state index contributed by atoms with van der Waals surface area (Å²) in [7, 11) is 1.89. The van der Waals surface area contributed by atoms with Crippen molar-refractivity contribution in [2.45, 2.75) is 6.54 Å². The minimum absolute atomic E-state index is 0.596. The average molecular weight is 307 g/mol. The highest BCUT2D eigenvalue weighted by molar-refractivity contribution is 9.10. The van der Waals surface area contributed by atoms with Crippen LogP contribution in [0.15, 0.2) is 35.1 Å². The van der Waals surface area contributed by atoms with Gasteiger partial charge in [-0.05, 0) is 34.1 Å². The molecule has 0 atom stereocenters. The summed E-state index contributed by atoms with van der Waals surface area (Å²) in [5.41, 5.74) is 1.76. The first-order valence-corrected chi connectivity index (χ1v) is 6.24. The normalized spacial score (nSPS) is 11.0. The van der Waals surface area contributed by atoms with Crippen LogP contribution in [0.3, 0.4) is 0 Å². The molecule has 0 radical (unpaired) electrons. The van der Waals surface area contributed by atoms with Crippen LogP contribution in [0.4, 0.5) is 5.95 Å².